The topological polar surface area (TPSA) is 64.3 Å². The Hall–Kier alpha value is -0.770. The van der Waals surface area contributed by atoms with E-state index in [0.717, 1.165) is 6.42 Å². The van der Waals surface area contributed by atoms with Crippen molar-refractivity contribution in [3.8, 4) is 0 Å². The van der Waals surface area contributed by atoms with Crippen LogP contribution in [0.3, 0.4) is 0 Å². The van der Waals surface area contributed by atoms with Gasteiger partial charge in [0.05, 0.1) is 0 Å². The van der Waals surface area contributed by atoms with Gasteiger partial charge >= 0.3 is 6.09 Å². The average Bonchev–Trinajstić information content (AvgIpc) is 2.10. The summed E-state index contributed by atoms with van der Waals surface area (Å²) in [5.41, 5.74) is 5.13. The van der Waals surface area contributed by atoms with Crippen LogP contribution in [0.2, 0.25) is 0 Å². The molecule has 0 fully saturated rings. The summed E-state index contributed by atoms with van der Waals surface area (Å²) in [6.45, 7) is 10.1. The molecule has 15 heavy (non-hydrogen) atoms. The Morgan fingerprint density at radius 1 is 1.47 bits per heavy atom. The second-order valence-corrected chi connectivity index (χ2v) is 4.87. The zero-order valence-electron chi connectivity index (χ0n) is 10.5. The number of nitrogens with two attached hydrogens (primary N) is 1. The van der Waals surface area contributed by atoms with Crippen LogP contribution >= 0.6 is 0 Å². The van der Waals surface area contributed by atoms with Crippen LogP contribution in [0, 0.1) is 5.92 Å². The van der Waals surface area contributed by atoms with Gasteiger partial charge in [-0.2, -0.15) is 0 Å². The second kappa shape index (κ2) is 5.95. The summed E-state index contributed by atoms with van der Waals surface area (Å²) in [5.74, 6) is 0.363. The van der Waals surface area contributed by atoms with Crippen molar-refractivity contribution in [2.24, 2.45) is 11.7 Å². The van der Waals surface area contributed by atoms with E-state index in [1.54, 1.807) is 0 Å². The van der Waals surface area contributed by atoms with Crippen molar-refractivity contribution in [2.45, 2.75) is 52.7 Å². The molecule has 0 aliphatic heterocycles. The van der Waals surface area contributed by atoms with Gasteiger partial charge in [0.1, 0.15) is 5.60 Å². The van der Waals surface area contributed by atoms with Gasteiger partial charge in [0.25, 0.3) is 0 Å². The van der Waals surface area contributed by atoms with Gasteiger partial charge < -0.3 is 15.8 Å². The van der Waals surface area contributed by atoms with Crippen molar-refractivity contribution in [3.05, 3.63) is 0 Å². The summed E-state index contributed by atoms with van der Waals surface area (Å²) in [7, 11) is 0. The van der Waals surface area contributed by atoms with Crippen molar-refractivity contribution >= 4 is 6.09 Å². The van der Waals surface area contributed by atoms with Gasteiger partial charge in [-0.1, -0.05) is 20.3 Å². The van der Waals surface area contributed by atoms with Gasteiger partial charge in [-0.15, -0.1) is 0 Å². The number of rotatable bonds is 4. The van der Waals surface area contributed by atoms with Crippen LogP contribution < -0.4 is 11.1 Å². The largest absolute Gasteiger partial charge is 0.444 e. The first-order valence-electron chi connectivity index (χ1n) is 5.49. The van der Waals surface area contributed by atoms with Gasteiger partial charge in [-0.25, -0.2) is 4.79 Å². The quantitative estimate of drug-likeness (QED) is 0.754. The molecule has 0 aliphatic rings. The summed E-state index contributed by atoms with van der Waals surface area (Å²) < 4.78 is 5.16. The Bertz CT molecular complexity index is 199. The molecule has 0 aromatic carbocycles. The van der Waals surface area contributed by atoms with Crippen molar-refractivity contribution in [3.63, 3.8) is 0 Å². The highest BCUT2D eigenvalue weighted by Crippen LogP contribution is 2.10. The first-order valence-corrected chi connectivity index (χ1v) is 5.49. The maximum absolute atomic E-state index is 11.5. The first kappa shape index (κ1) is 14.2. The Morgan fingerprint density at radius 2 is 2.00 bits per heavy atom. The van der Waals surface area contributed by atoms with E-state index in [4.69, 9.17) is 10.5 Å². The highest BCUT2D eigenvalue weighted by molar-refractivity contribution is 5.68. The molecule has 0 aromatic rings. The Kier molecular flexibility index (Phi) is 5.65. The molecule has 0 aromatic heterocycles. The molecule has 1 amide bonds. The summed E-state index contributed by atoms with van der Waals surface area (Å²) in [6.07, 6.45) is 0.593. The third-order valence-corrected chi connectivity index (χ3v) is 2.29. The summed E-state index contributed by atoms with van der Waals surface area (Å²) >= 11 is 0. The standard InChI is InChI=1S/C11H24N2O2/c1-6-8(2)9(7-12)13-10(14)15-11(3,4)5/h8-9H,6-7,12H2,1-5H3,(H,13,14)/t8?,9-/m1/s1. The van der Waals surface area contributed by atoms with E-state index >= 15 is 0 Å². The lowest BCUT2D eigenvalue weighted by Crippen LogP contribution is -2.46. The molecule has 0 bridgehead atoms. The van der Waals surface area contributed by atoms with Crippen LogP contribution in [-0.2, 0) is 4.74 Å². The lowest BCUT2D eigenvalue weighted by Gasteiger charge is -2.25. The van der Waals surface area contributed by atoms with Gasteiger partial charge in [-0.3, -0.25) is 0 Å². The van der Waals surface area contributed by atoms with E-state index in [1.165, 1.54) is 0 Å². The third kappa shape index (κ3) is 6.33. The predicted octanol–water partition coefficient (Wildman–Crippen LogP) is 1.88. The number of hydrogen-bond donors (Lipinski definition) is 2. The van der Waals surface area contributed by atoms with Crippen LogP contribution in [0.4, 0.5) is 4.79 Å². The molecule has 4 heteroatoms. The Labute approximate surface area is 92.6 Å². The third-order valence-electron chi connectivity index (χ3n) is 2.29. The van der Waals surface area contributed by atoms with Crippen LogP contribution in [0.25, 0.3) is 0 Å². The highest BCUT2D eigenvalue weighted by Gasteiger charge is 2.21. The van der Waals surface area contributed by atoms with Crippen LogP contribution in [-0.4, -0.2) is 24.3 Å². The molecular formula is C11H24N2O2. The molecule has 0 radical (unpaired) electrons. The highest BCUT2D eigenvalue weighted by atomic mass is 16.6. The second-order valence-electron chi connectivity index (χ2n) is 4.87. The molecule has 0 rings (SSSR count). The summed E-state index contributed by atoms with van der Waals surface area (Å²) in [5, 5.41) is 2.79. The minimum absolute atomic E-state index is 0.00940. The van der Waals surface area contributed by atoms with Gasteiger partial charge in [0.15, 0.2) is 0 Å². The molecule has 3 N–H and O–H groups in total. The van der Waals surface area contributed by atoms with Crippen molar-refractivity contribution in [2.75, 3.05) is 6.54 Å². The number of ether oxygens (including phenoxy) is 1. The molecule has 2 atom stereocenters. The fourth-order valence-corrected chi connectivity index (χ4v) is 1.18. The fraction of sp³-hybridized carbons (Fsp3) is 0.909. The number of amides is 1. The smallest absolute Gasteiger partial charge is 0.407 e. The van der Waals surface area contributed by atoms with Gasteiger partial charge in [0.2, 0.25) is 0 Å². The van der Waals surface area contributed by atoms with Gasteiger partial charge in [-0.05, 0) is 26.7 Å². The van der Waals surface area contributed by atoms with Crippen LogP contribution in [0.5, 0.6) is 0 Å². The number of nitrogens with one attached hydrogen (secondary N) is 1. The minimum Gasteiger partial charge on any atom is -0.444 e. The molecular weight excluding hydrogens is 192 g/mol. The number of hydrogen-bond acceptors (Lipinski definition) is 3. The average molecular weight is 216 g/mol. The molecule has 0 aliphatic carbocycles. The normalized spacial score (nSPS) is 15.6. The zero-order valence-corrected chi connectivity index (χ0v) is 10.5. The monoisotopic (exact) mass is 216 g/mol. The zero-order chi connectivity index (χ0) is 12.1. The van der Waals surface area contributed by atoms with E-state index in [-0.39, 0.29) is 6.04 Å². The van der Waals surface area contributed by atoms with Crippen molar-refractivity contribution in [1.29, 1.82) is 0 Å². The van der Waals surface area contributed by atoms with E-state index in [2.05, 4.69) is 19.2 Å². The number of carbonyl (C=O) groups excluding carboxylic acids is 1. The van der Waals surface area contributed by atoms with E-state index in [1.807, 2.05) is 20.8 Å². The number of alkyl carbamates (subject to hydrolysis) is 1. The van der Waals surface area contributed by atoms with E-state index in [9.17, 15) is 4.79 Å². The summed E-state index contributed by atoms with van der Waals surface area (Å²) in [4.78, 5) is 11.5. The maximum Gasteiger partial charge on any atom is 0.407 e. The molecule has 90 valence electrons. The Balaban J connectivity index is 4.13. The SMILES string of the molecule is CCC(C)[C@@H](CN)NC(=O)OC(C)(C)C. The lowest BCUT2D eigenvalue weighted by atomic mass is 10.00. The molecule has 0 saturated heterocycles. The van der Waals surface area contributed by atoms with E-state index in [0.29, 0.717) is 12.5 Å². The first-order chi connectivity index (χ1) is 6.80. The number of carbonyl (C=O) groups is 1. The molecule has 4 nitrogen and oxygen atoms in total. The molecule has 0 saturated carbocycles. The van der Waals surface area contributed by atoms with Crippen molar-refractivity contribution in [1.82, 2.24) is 5.32 Å². The molecule has 1 unspecified atom stereocenters. The van der Waals surface area contributed by atoms with E-state index < -0.39 is 11.7 Å². The van der Waals surface area contributed by atoms with Crippen LogP contribution in [0.1, 0.15) is 41.0 Å². The van der Waals surface area contributed by atoms with Crippen molar-refractivity contribution < 1.29 is 9.53 Å². The summed E-state index contributed by atoms with van der Waals surface area (Å²) in [6, 6.07) is -0.00940. The minimum atomic E-state index is -0.460. The maximum atomic E-state index is 11.5. The molecule has 0 spiro atoms. The predicted molar refractivity (Wildman–Crippen MR) is 61.7 cm³/mol. The van der Waals surface area contributed by atoms with Gasteiger partial charge in [0, 0.05) is 12.6 Å². The van der Waals surface area contributed by atoms with Crippen LogP contribution in [0.15, 0.2) is 0 Å². The Morgan fingerprint density at radius 3 is 2.33 bits per heavy atom. The lowest BCUT2D eigenvalue weighted by molar-refractivity contribution is 0.0490. The fourth-order valence-electron chi connectivity index (χ4n) is 1.18. The molecule has 0 heterocycles.